The second-order valence-corrected chi connectivity index (χ2v) is 7.41. The number of hydrogen-bond donors (Lipinski definition) is 0. The summed E-state index contributed by atoms with van der Waals surface area (Å²) in [5.74, 6) is 2.03. The Bertz CT molecular complexity index is 439. The van der Waals surface area contributed by atoms with Gasteiger partial charge in [0.05, 0.1) is 21.3 Å². The summed E-state index contributed by atoms with van der Waals surface area (Å²) in [6.07, 6.45) is 0.686. The number of ether oxygens (including phenoxy) is 3. The van der Waals surface area contributed by atoms with Gasteiger partial charge in [0.15, 0.2) is 11.5 Å². The van der Waals surface area contributed by atoms with Crippen molar-refractivity contribution in [2.75, 3.05) is 42.7 Å². The monoisotopic (exact) mass is 316 g/mol. The average Bonchev–Trinajstić information content (AvgIpc) is 2.55. The van der Waals surface area contributed by atoms with Crippen molar-refractivity contribution < 1.29 is 27.5 Å². The van der Waals surface area contributed by atoms with Crippen molar-refractivity contribution in [3.05, 3.63) is 17.7 Å². The fourth-order valence-corrected chi connectivity index (χ4v) is 3.82. The zero-order chi connectivity index (χ0) is 15.9. The van der Waals surface area contributed by atoms with E-state index in [9.17, 15) is 0 Å². The first kappa shape index (κ1) is 17.8. The topological polar surface area (TPSA) is 55.4 Å². The van der Waals surface area contributed by atoms with Crippen LogP contribution in [0.4, 0.5) is 0 Å². The molecule has 0 atom stereocenters. The Balaban J connectivity index is 3.01. The number of methoxy groups -OCH3 is 3. The number of rotatable bonds is 9. The molecule has 21 heavy (non-hydrogen) atoms. The third kappa shape index (κ3) is 4.10. The highest BCUT2D eigenvalue weighted by Gasteiger charge is 2.37. The molecule has 1 aromatic rings. The minimum atomic E-state index is -2.61. The standard InChI is InChI=1S/C14H24O6Si/c1-15-12-10-14(17-3)13(16-2)9-11(12)7-8-21(18-4,19-5)20-6/h9-10H,7-8H2,1-6H3. The van der Waals surface area contributed by atoms with Gasteiger partial charge in [0.25, 0.3) is 0 Å². The van der Waals surface area contributed by atoms with E-state index in [2.05, 4.69) is 0 Å². The molecule has 0 aliphatic rings. The molecule has 0 heterocycles. The smallest absolute Gasteiger partial charge is 0.496 e. The van der Waals surface area contributed by atoms with Gasteiger partial charge in [0, 0.05) is 33.4 Å². The second-order valence-electron chi connectivity index (χ2n) is 4.31. The minimum absolute atomic E-state index is 0.631. The Morgan fingerprint density at radius 2 is 1.19 bits per heavy atom. The van der Waals surface area contributed by atoms with Crippen LogP contribution in [-0.2, 0) is 19.7 Å². The van der Waals surface area contributed by atoms with Crippen molar-refractivity contribution in [2.24, 2.45) is 0 Å². The highest BCUT2D eigenvalue weighted by atomic mass is 28.4. The molecule has 1 aromatic carbocycles. The lowest BCUT2D eigenvalue weighted by molar-refractivity contribution is 0.123. The Morgan fingerprint density at radius 1 is 0.714 bits per heavy atom. The van der Waals surface area contributed by atoms with E-state index in [0.29, 0.717) is 24.0 Å². The fraction of sp³-hybridized carbons (Fsp3) is 0.571. The largest absolute Gasteiger partial charge is 0.500 e. The van der Waals surface area contributed by atoms with E-state index in [0.717, 1.165) is 11.3 Å². The van der Waals surface area contributed by atoms with Crippen molar-refractivity contribution in [1.29, 1.82) is 0 Å². The van der Waals surface area contributed by atoms with E-state index in [1.54, 1.807) is 42.7 Å². The molecule has 1 rings (SSSR count). The number of aryl methyl sites for hydroxylation is 1. The first-order valence-corrected chi connectivity index (χ1v) is 8.47. The molecule has 0 aliphatic heterocycles. The molecular weight excluding hydrogens is 292 g/mol. The fourth-order valence-electron chi connectivity index (χ4n) is 2.13. The molecule has 120 valence electrons. The zero-order valence-electron chi connectivity index (χ0n) is 13.5. The van der Waals surface area contributed by atoms with Crippen molar-refractivity contribution in [3.8, 4) is 17.2 Å². The van der Waals surface area contributed by atoms with Crippen LogP contribution in [0.3, 0.4) is 0 Å². The Hall–Kier alpha value is -1.28. The van der Waals surface area contributed by atoms with Gasteiger partial charge in [-0.15, -0.1) is 0 Å². The highest BCUT2D eigenvalue weighted by molar-refractivity contribution is 6.60. The van der Waals surface area contributed by atoms with Crippen molar-refractivity contribution >= 4 is 8.80 Å². The van der Waals surface area contributed by atoms with E-state index in [4.69, 9.17) is 27.5 Å². The summed E-state index contributed by atoms with van der Waals surface area (Å²) in [5.41, 5.74) is 0.984. The first-order valence-electron chi connectivity index (χ1n) is 6.54. The Labute approximate surface area is 127 Å². The van der Waals surface area contributed by atoms with Gasteiger partial charge in [-0.3, -0.25) is 0 Å². The maximum atomic E-state index is 5.43. The molecule has 0 aromatic heterocycles. The lowest BCUT2D eigenvalue weighted by Crippen LogP contribution is -2.43. The van der Waals surface area contributed by atoms with Gasteiger partial charge in [0.1, 0.15) is 5.75 Å². The lowest BCUT2D eigenvalue weighted by atomic mass is 10.1. The van der Waals surface area contributed by atoms with Crippen LogP contribution < -0.4 is 14.2 Å². The highest BCUT2D eigenvalue weighted by Crippen LogP contribution is 2.35. The summed E-state index contributed by atoms with van der Waals surface area (Å²) >= 11 is 0. The maximum Gasteiger partial charge on any atom is 0.500 e. The molecule has 0 bridgehead atoms. The van der Waals surface area contributed by atoms with Crippen molar-refractivity contribution in [2.45, 2.75) is 12.5 Å². The molecule has 0 N–H and O–H groups in total. The van der Waals surface area contributed by atoms with E-state index in [1.165, 1.54) is 0 Å². The molecule has 0 aliphatic carbocycles. The first-order chi connectivity index (χ1) is 10.1. The van der Waals surface area contributed by atoms with Crippen LogP contribution in [0.1, 0.15) is 5.56 Å². The summed E-state index contributed by atoms with van der Waals surface area (Å²) in [7, 11) is 7.01. The van der Waals surface area contributed by atoms with E-state index < -0.39 is 8.80 Å². The molecule has 7 heteroatoms. The van der Waals surface area contributed by atoms with Crippen LogP contribution in [0, 0.1) is 0 Å². The molecule has 6 nitrogen and oxygen atoms in total. The van der Waals surface area contributed by atoms with Gasteiger partial charge in [-0.05, 0) is 18.1 Å². The van der Waals surface area contributed by atoms with Crippen LogP contribution in [0.15, 0.2) is 12.1 Å². The van der Waals surface area contributed by atoms with Crippen molar-refractivity contribution in [1.82, 2.24) is 0 Å². The van der Waals surface area contributed by atoms with Gasteiger partial charge in [0.2, 0.25) is 0 Å². The third-order valence-corrected chi connectivity index (χ3v) is 6.15. The summed E-state index contributed by atoms with van der Waals surface area (Å²) in [6, 6.07) is 4.35. The molecule has 0 radical (unpaired) electrons. The molecule has 0 saturated carbocycles. The van der Waals surface area contributed by atoms with Gasteiger partial charge >= 0.3 is 8.80 Å². The minimum Gasteiger partial charge on any atom is -0.496 e. The lowest BCUT2D eigenvalue weighted by Gasteiger charge is -2.24. The van der Waals surface area contributed by atoms with Crippen molar-refractivity contribution in [3.63, 3.8) is 0 Å². The van der Waals surface area contributed by atoms with Gasteiger partial charge in [-0.1, -0.05) is 0 Å². The maximum absolute atomic E-state index is 5.43. The summed E-state index contributed by atoms with van der Waals surface area (Å²) in [5, 5.41) is 0. The Kier molecular flexibility index (Phi) is 6.96. The predicted octanol–water partition coefficient (Wildman–Crippen LogP) is 2.13. The molecule has 0 spiro atoms. The summed E-state index contributed by atoms with van der Waals surface area (Å²) in [6.45, 7) is 0. The SMILES string of the molecule is COc1cc(OC)c(OC)cc1CC[Si](OC)(OC)OC. The van der Waals surface area contributed by atoms with Gasteiger partial charge in [-0.2, -0.15) is 0 Å². The number of benzene rings is 1. The molecule has 0 saturated heterocycles. The van der Waals surface area contributed by atoms with Crippen LogP contribution in [-0.4, -0.2) is 51.5 Å². The Morgan fingerprint density at radius 3 is 1.62 bits per heavy atom. The number of hydrogen-bond acceptors (Lipinski definition) is 6. The van der Waals surface area contributed by atoms with Gasteiger partial charge in [-0.25, -0.2) is 0 Å². The summed E-state index contributed by atoms with van der Waals surface area (Å²) in [4.78, 5) is 0. The molecule has 0 amide bonds. The van der Waals surface area contributed by atoms with E-state index >= 15 is 0 Å². The zero-order valence-corrected chi connectivity index (χ0v) is 14.5. The van der Waals surface area contributed by atoms with E-state index in [-0.39, 0.29) is 0 Å². The second kappa shape index (κ2) is 8.23. The summed E-state index contributed by atoms with van der Waals surface area (Å²) < 4.78 is 32.3. The average molecular weight is 316 g/mol. The quantitative estimate of drug-likeness (QED) is 0.651. The van der Waals surface area contributed by atoms with E-state index in [1.807, 2.05) is 12.1 Å². The third-order valence-electron chi connectivity index (χ3n) is 3.42. The predicted molar refractivity (Wildman–Crippen MR) is 81.4 cm³/mol. The molecule has 0 fully saturated rings. The normalized spacial score (nSPS) is 11.3. The molecular formula is C14H24O6Si. The molecule has 0 unspecified atom stereocenters. The van der Waals surface area contributed by atoms with Gasteiger partial charge < -0.3 is 27.5 Å². The van der Waals surface area contributed by atoms with Crippen LogP contribution in [0.5, 0.6) is 17.2 Å². The van der Waals surface area contributed by atoms with Crippen LogP contribution in [0.2, 0.25) is 6.04 Å². The van der Waals surface area contributed by atoms with Crippen LogP contribution in [0.25, 0.3) is 0 Å². The van der Waals surface area contributed by atoms with Crippen LogP contribution >= 0.6 is 0 Å².